The second-order valence-corrected chi connectivity index (χ2v) is 8.97. The molecule has 0 bridgehead atoms. The standard InChI is InChI=1S/C22H25F2N5S/c1-13-9-15(25)12-29(11-13)19-7-8-27-10-14(19)5-6-18-21(26)30-22(28-18)20-16(23)3-2-4-17(20)24/h2-4,7-8,10,13,15H,5-6,9,11-12,25-26H2,1H3/t13-,15+/m1/s1. The number of nitrogens with two attached hydrogens (primary N) is 2. The van der Waals surface area contributed by atoms with Crippen LogP contribution in [0.25, 0.3) is 10.6 Å². The first-order valence-corrected chi connectivity index (χ1v) is 10.9. The van der Waals surface area contributed by atoms with Crippen molar-refractivity contribution in [3.05, 3.63) is 59.6 Å². The molecule has 1 aromatic carbocycles. The maximum absolute atomic E-state index is 14.1. The molecule has 2 atom stereocenters. The van der Waals surface area contributed by atoms with Crippen LogP contribution in [0.5, 0.6) is 0 Å². The zero-order chi connectivity index (χ0) is 21.3. The summed E-state index contributed by atoms with van der Waals surface area (Å²) >= 11 is 1.11. The molecule has 0 aliphatic carbocycles. The van der Waals surface area contributed by atoms with E-state index in [0.717, 1.165) is 42.1 Å². The Morgan fingerprint density at radius 1 is 1.17 bits per heavy atom. The van der Waals surface area contributed by atoms with Gasteiger partial charge in [-0.15, -0.1) is 0 Å². The van der Waals surface area contributed by atoms with E-state index in [1.807, 2.05) is 12.3 Å². The predicted molar refractivity (Wildman–Crippen MR) is 117 cm³/mol. The van der Waals surface area contributed by atoms with E-state index in [0.29, 0.717) is 29.5 Å². The van der Waals surface area contributed by atoms with Gasteiger partial charge in [-0.05, 0) is 48.9 Å². The average molecular weight is 430 g/mol. The fraction of sp³-hybridized carbons (Fsp3) is 0.364. The van der Waals surface area contributed by atoms with Gasteiger partial charge in [-0.1, -0.05) is 24.3 Å². The van der Waals surface area contributed by atoms with Gasteiger partial charge in [0.05, 0.1) is 11.3 Å². The van der Waals surface area contributed by atoms with Crippen LogP contribution in [0.2, 0.25) is 0 Å². The number of thiazole rings is 1. The summed E-state index contributed by atoms with van der Waals surface area (Å²) in [6.07, 6.45) is 5.92. The van der Waals surface area contributed by atoms with Crippen LogP contribution >= 0.6 is 11.3 Å². The summed E-state index contributed by atoms with van der Waals surface area (Å²) in [5, 5.41) is 0.743. The van der Waals surface area contributed by atoms with E-state index in [-0.39, 0.29) is 16.6 Å². The van der Waals surface area contributed by atoms with Crippen molar-refractivity contribution < 1.29 is 8.78 Å². The highest BCUT2D eigenvalue weighted by molar-refractivity contribution is 7.18. The minimum absolute atomic E-state index is 0.126. The molecule has 3 aromatic rings. The number of benzene rings is 1. The Hall–Kier alpha value is -2.58. The minimum atomic E-state index is -0.639. The van der Waals surface area contributed by atoms with Crippen molar-refractivity contribution >= 4 is 22.0 Å². The molecule has 0 unspecified atom stereocenters. The number of nitrogens with zero attached hydrogens (tertiary/aromatic N) is 3. The molecule has 30 heavy (non-hydrogen) atoms. The molecular formula is C22H25F2N5S. The van der Waals surface area contributed by atoms with Crippen LogP contribution in [0.15, 0.2) is 36.7 Å². The molecule has 0 amide bonds. The molecule has 8 heteroatoms. The quantitative estimate of drug-likeness (QED) is 0.640. The van der Waals surface area contributed by atoms with Gasteiger partial charge in [0, 0.05) is 37.2 Å². The minimum Gasteiger partial charge on any atom is -0.389 e. The molecule has 1 aliphatic rings. The van der Waals surface area contributed by atoms with Gasteiger partial charge >= 0.3 is 0 Å². The van der Waals surface area contributed by atoms with Crippen molar-refractivity contribution in [3.8, 4) is 10.6 Å². The third-order valence-corrected chi connectivity index (χ3v) is 6.39. The van der Waals surface area contributed by atoms with Crippen molar-refractivity contribution in [3.63, 3.8) is 0 Å². The summed E-state index contributed by atoms with van der Waals surface area (Å²) in [6, 6.07) is 5.96. The van der Waals surface area contributed by atoms with Gasteiger partial charge < -0.3 is 16.4 Å². The normalized spacial score (nSPS) is 19.3. The van der Waals surface area contributed by atoms with Gasteiger partial charge in [0.15, 0.2) is 0 Å². The van der Waals surface area contributed by atoms with Crippen molar-refractivity contribution in [2.24, 2.45) is 11.7 Å². The summed E-state index contributed by atoms with van der Waals surface area (Å²) in [5.41, 5.74) is 15.1. The van der Waals surface area contributed by atoms with Gasteiger partial charge in [0.2, 0.25) is 0 Å². The van der Waals surface area contributed by atoms with Crippen molar-refractivity contribution in [2.75, 3.05) is 23.7 Å². The molecule has 0 spiro atoms. The number of pyridine rings is 1. The number of rotatable bonds is 5. The lowest BCUT2D eigenvalue weighted by Crippen LogP contribution is -2.46. The SMILES string of the molecule is C[C@@H]1C[C@H](N)CN(c2ccncc2CCc2nc(-c3c(F)cccc3F)sc2N)C1. The fourth-order valence-corrected chi connectivity index (χ4v) is 5.05. The summed E-state index contributed by atoms with van der Waals surface area (Å²) < 4.78 is 28.2. The molecule has 2 aromatic heterocycles. The van der Waals surface area contributed by atoms with E-state index in [1.165, 1.54) is 18.2 Å². The highest BCUT2D eigenvalue weighted by Gasteiger charge is 2.24. The molecular weight excluding hydrogens is 404 g/mol. The third-order valence-electron chi connectivity index (χ3n) is 5.45. The zero-order valence-corrected chi connectivity index (χ0v) is 17.6. The molecule has 4 rings (SSSR count). The Labute approximate surface area is 178 Å². The van der Waals surface area contributed by atoms with Crippen molar-refractivity contribution in [1.82, 2.24) is 9.97 Å². The van der Waals surface area contributed by atoms with Crippen molar-refractivity contribution in [1.29, 1.82) is 0 Å². The topological polar surface area (TPSA) is 81.1 Å². The lowest BCUT2D eigenvalue weighted by molar-refractivity contribution is 0.401. The van der Waals surface area contributed by atoms with Gasteiger partial charge in [-0.3, -0.25) is 4.98 Å². The first kappa shape index (κ1) is 20.7. The summed E-state index contributed by atoms with van der Waals surface area (Å²) in [7, 11) is 0. The maximum Gasteiger partial charge on any atom is 0.136 e. The third kappa shape index (κ3) is 4.29. The van der Waals surface area contributed by atoms with Gasteiger partial charge in [0.25, 0.3) is 0 Å². The molecule has 0 saturated carbocycles. The van der Waals surface area contributed by atoms with Gasteiger partial charge in [0.1, 0.15) is 21.6 Å². The molecule has 1 fully saturated rings. The van der Waals surface area contributed by atoms with Crippen LogP contribution in [0.3, 0.4) is 0 Å². The van der Waals surface area contributed by atoms with E-state index >= 15 is 0 Å². The van der Waals surface area contributed by atoms with E-state index in [2.05, 4.69) is 21.8 Å². The molecule has 1 saturated heterocycles. The second kappa shape index (κ2) is 8.65. The van der Waals surface area contributed by atoms with Gasteiger partial charge in [-0.2, -0.15) is 0 Å². The zero-order valence-electron chi connectivity index (χ0n) is 16.8. The van der Waals surface area contributed by atoms with Crippen LogP contribution in [0, 0.1) is 17.6 Å². The lowest BCUT2D eigenvalue weighted by Gasteiger charge is -2.37. The van der Waals surface area contributed by atoms with Crippen LogP contribution in [-0.4, -0.2) is 29.1 Å². The monoisotopic (exact) mass is 429 g/mol. The number of hydrogen-bond donors (Lipinski definition) is 2. The number of piperidine rings is 1. The largest absolute Gasteiger partial charge is 0.389 e. The van der Waals surface area contributed by atoms with Crippen LogP contribution < -0.4 is 16.4 Å². The van der Waals surface area contributed by atoms with Crippen LogP contribution in [0.1, 0.15) is 24.6 Å². The number of aryl methyl sites for hydroxylation is 2. The lowest BCUT2D eigenvalue weighted by atomic mass is 9.95. The second-order valence-electron chi connectivity index (χ2n) is 7.94. The Kier molecular flexibility index (Phi) is 5.97. The maximum atomic E-state index is 14.1. The Morgan fingerprint density at radius 3 is 2.67 bits per heavy atom. The smallest absolute Gasteiger partial charge is 0.136 e. The Morgan fingerprint density at radius 2 is 1.93 bits per heavy atom. The average Bonchev–Trinajstić information content (AvgIpc) is 3.06. The van der Waals surface area contributed by atoms with E-state index in [9.17, 15) is 8.78 Å². The first-order valence-electron chi connectivity index (χ1n) is 10.1. The van der Waals surface area contributed by atoms with E-state index in [1.54, 1.807) is 6.20 Å². The number of halogens is 2. The first-order chi connectivity index (χ1) is 14.4. The molecule has 0 radical (unpaired) electrons. The van der Waals surface area contributed by atoms with Gasteiger partial charge in [-0.25, -0.2) is 13.8 Å². The van der Waals surface area contributed by atoms with Crippen LogP contribution in [-0.2, 0) is 12.8 Å². The highest BCUT2D eigenvalue weighted by atomic mass is 32.1. The Balaban J connectivity index is 1.55. The molecule has 4 N–H and O–H groups in total. The van der Waals surface area contributed by atoms with E-state index < -0.39 is 11.6 Å². The highest BCUT2D eigenvalue weighted by Crippen LogP contribution is 2.34. The summed E-state index contributed by atoms with van der Waals surface area (Å²) in [5.74, 6) is -0.747. The summed E-state index contributed by atoms with van der Waals surface area (Å²) in [4.78, 5) is 11.0. The van der Waals surface area contributed by atoms with Crippen molar-refractivity contribution in [2.45, 2.75) is 32.2 Å². The number of nitrogen functional groups attached to an aromatic ring is 1. The molecule has 1 aliphatic heterocycles. The number of aromatic nitrogens is 2. The number of anilines is 2. The molecule has 158 valence electrons. The molecule has 3 heterocycles. The fourth-order valence-electron chi connectivity index (χ4n) is 4.12. The predicted octanol–water partition coefficient (Wildman–Crippen LogP) is 4.02. The number of hydrogen-bond acceptors (Lipinski definition) is 6. The van der Waals surface area contributed by atoms with Crippen LogP contribution in [0.4, 0.5) is 19.5 Å². The van der Waals surface area contributed by atoms with E-state index in [4.69, 9.17) is 11.5 Å². The summed E-state index contributed by atoms with van der Waals surface area (Å²) in [6.45, 7) is 3.99. The Bertz CT molecular complexity index is 1010. The molecule has 5 nitrogen and oxygen atoms in total.